The molecule has 1 fully saturated rings. The van der Waals surface area contributed by atoms with Crippen molar-refractivity contribution in [2.45, 2.75) is 58.8 Å². The summed E-state index contributed by atoms with van der Waals surface area (Å²) in [6.07, 6.45) is 6.36. The van der Waals surface area contributed by atoms with E-state index in [0.717, 1.165) is 66.5 Å². The monoisotopic (exact) mass is 475 g/mol. The molecule has 3 aromatic rings. The summed E-state index contributed by atoms with van der Waals surface area (Å²) in [6.45, 7) is 4.10. The number of ether oxygens (including phenoxy) is 1. The van der Waals surface area contributed by atoms with Crippen LogP contribution in [0.2, 0.25) is 0 Å². The molecule has 1 aromatic carbocycles. The summed E-state index contributed by atoms with van der Waals surface area (Å²) in [7, 11) is 0. The topological polar surface area (TPSA) is 107 Å². The number of carbonyl (C=O) groups is 1. The van der Waals surface area contributed by atoms with E-state index >= 15 is 0 Å². The molecule has 0 bridgehead atoms. The highest BCUT2D eigenvalue weighted by Gasteiger charge is 2.21. The van der Waals surface area contributed by atoms with E-state index in [1.165, 1.54) is 4.90 Å². The highest BCUT2D eigenvalue weighted by Crippen LogP contribution is 2.25. The zero-order valence-electron chi connectivity index (χ0n) is 20.2. The number of nitrogens with two attached hydrogens (primary N) is 1. The van der Waals surface area contributed by atoms with Gasteiger partial charge >= 0.3 is 6.09 Å². The molecule has 1 aliphatic heterocycles. The molecule has 0 radical (unpaired) electrons. The first-order valence-electron chi connectivity index (χ1n) is 12.3. The fourth-order valence-electron chi connectivity index (χ4n) is 4.37. The minimum atomic E-state index is -0.840. The number of hydrogen-bond donors (Lipinski definition) is 2. The number of carboxylic acid groups (broad SMARTS) is 1. The van der Waals surface area contributed by atoms with E-state index in [0.29, 0.717) is 38.2 Å². The van der Waals surface area contributed by atoms with Crippen molar-refractivity contribution in [3.05, 3.63) is 53.5 Å². The van der Waals surface area contributed by atoms with Crippen LogP contribution in [0.25, 0.3) is 11.0 Å². The van der Waals surface area contributed by atoms with E-state index in [9.17, 15) is 4.79 Å². The Hall–Kier alpha value is -3.57. The fourth-order valence-corrected chi connectivity index (χ4v) is 4.37. The second kappa shape index (κ2) is 11.7. The van der Waals surface area contributed by atoms with Gasteiger partial charge in [-0.25, -0.2) is 14.8 Å². The minimum Gasteiger partial charge on any atom is -0.465 e. The molecule has 1 saturated heterocycles. The van der Waals surface area contributed by atoms with E-state index in [4.69, 9.17) is 20.6 Å². The van der Waals surface area contributed by atoms with Gasteiger partial charge in [0.1, 0.15) is 23.6 Å². The number of unbranched alkanes of at least 4 members (excludes halogenated alkanes) is 1. The van der Waals surface area contributed by atoms with Crippen LogP contribution < -0.4 is 5.73 Å². The van der Waals surface area contributed by atoms with Crippen molar-refractivity contribution in [1.29, 1.82) is 0 Å². The molecule has 2 aromatic heterocycles. The molecule has 3 heterocycles. The second-order valence-corrected chi connectivity index (χ2v) is 9.02. The fraction of sp³-hybridized carbons (Fsp3) is 0.444. The largest absolute Gasteiger partial charge is 0.465 e. The summed E-state index contributed by atoms with van der Waals surface area (Å²) < 4.78 is 7.89. The second-order valence-electron chi connectivity index (χ2n) is 9.02. The number of anilines is 1. The molecular weight excluding hydrogens is 442 g/mol. The van der Waals surface area contributed by atoms with Crippen molar-refractivity contribution in [2.75, 3.05) is 18.8 Å². The molecule has 184 valence electrons. The lowest BCUT2D eigenvalue weighted by Gasteiger charge is -2.28. The number of piperidine rings is 1. The third-order valence-corrected chi connectivity index (χ3v) is 6.38. The molecule has 3 N–H and O–H groups in total. The predicted octanol–water partition coefficient (Wildman–Crippen LogP) is 4.66. The average molecular weight is 476 g/mol. The van der Waals surface area contributed by atoms with Gasteiger partial charge < -0.3 is 25.0 Å². The number of hydrogen-bond acceptors (Lipinski definition) is 5. The van der Waals surface area contributed by atoms with Crippen LogP contribution in [-0.2, 0) is 24.5 Å². The molecule has 0 spiro atoms. The molecule has 0 aliphatic carbocycles. The zero-order chi connectivity index (χ0) is 24.6. The summed E-state index contributed by atoms with van der Waals surface area (Å²) in [6, 6.07) is 10.0. The first-order valence-corrected chi connectivity index (χ1v) is 12.3. The maximum absolute atomic E-state index is 11.1. The summed E-state index contributed by atoms with van der Waals surface area (Å²) in [4.78, 5) is 22.0. The number of nitrogens with zero attached hydrogens (tertiary/aromatic N) is 4. The molecule has 8 nitrogen and oxygen atoms in total. The van der Waals surface area contributed by atoms with Crippen LogP contribution in [-0.4, -0.2) is 43.7 Å². The Kier molecular flexibility index (Phi) is 8.22. The Morgan fingerprint density at radius 2 is 2.00 bits per heavy atom. The first kappa shape index (κ1) is 24.6. The average Bonchev–Trinajstić information content (AvgIpc) is 3.21. The summed E-state index contributed by atoms with van der Waals surface area (Å²) in [5.41, 5.74) is 9.81. The van der Waals surface area contributed by atoms with Crippen LogP contribution in [0.1, 0.15) is 56.0 Å². The third kappa shape index (κ3) is 6.31. The first-order chi connectivity index (χ1) is 17.0. The quantitative estimate of drug-likeness (QED) is 0.459. The molecular formula is C27H33N5O3. The van der Waals surface area contributed by atoms with E-state index in [1.54, 1.807) is 0 Å². The van der Waals surface area contributed by atoms with Gasteiger partial charge in [0, 0.05) is 32.1 Å². The van der Waals surface area contributed by atoms with Crippen LogP contribution in [0.3, 0.4) is 0 Å². The lowest BCUT2D eigenvalue weighted by Crippen LogP contribution is -2.37. The lowest BCUT2D eigenvalue weighted by molar-refractivity contribution is 0.0668. The number of aryl methyl sites for hydroxylation is 1. The van der Waals surface area contributed by atoms with Gasteiger partial charge in [0.2, 0.25) is 0 Å². The standard InChI is InChI=1S/C27H33N5O3/c1-2-3-12-23-29-24-22(11-7-10-20-13-15-31(16-14-20)27(33)34)17-32(25(24)26(28)30-23)19-35-18-21-8-5-4-6-9-21/h4-6,8-9,17,20H,2-3,10,12-16,18-19H2,1H3,(H,33,34)(H2,28,29,30). The van der Waals surface area contributed by atoms with E-state index < -0.39 is 6.09 Å². The Morgan fingerprint density at radius 3 is 2.71 bits per heavy atom. The Labute approximate surface area is 206 Å². The maximum Gasteiger partial charge on any atom is 0.407 e. The number of benzene rings is 1. The van der Waals surface area contributed by atoms with Crippen molar-refractivity contribution < 1.29 is 14.6 Å². The molecule has 35 heavy (non-hydrogen) atoms. The van der Waals surface area contributed by atoms with Crippen LogP contribution >= 0.6 is 0 Å². The predicted molar refractivity (Wildman–Crippen MR) is 136 cm³/mol. The molecule has 1 amide bonds. The number of fused-ring (bicyclic) bond motifs is 1. The Morgan fingerprint density at radius 1 is 1.23 bits per heavy atom. The van der Waals surface area contributed by atoms with Gasteiger partial charge in [-0.3, -0.25) is 0 Å². The SMILES string of the molecule is CCCCc1nc(N)c2c(n1)c(C#CCC1CCN(C(=O)O)CC1)cn2COCc1ccccc1. The summed E-state index contributed by atoms with van der Waals surface area (Å²) in [5, 5.41) is 9.14. The van der Waals surface area contributed by atoms with Crippen molar-refractivity contribution in [1.82, 2.24) is 19.4 Å². The van der Waals surface area contributed by atoms with Crippen LogP contribution in [0.4, 0.5) is 10.6 Å². The van der Waals surface area contributed by atoms with Crippen molar-refractivity contribution in [3.63, 3.8) is 0 Å². The molecule has 0 unspecified atom stereocenters. The highest BCUT2D eigenvalue weighted by molar-refractivity contribution is 5.90. The lowest BCUT2D eigenvalue weighted by atomic mass is 9.94. The normalized spacial score (nSPS) is 14.1. The van der Waals surface area contributed by atoms with Crippen LogP contribution in [0, 0.1) is 17.8 Å². The number of nitrogen functional groups attached to an aromatic ring is 1. The Bertz CT molecular complexity index is 1200. The molecule has 1 aliphatic rings. The number of rotatable bonds is 8. The van der Waals surface area contributed by atoms with Crippen LogP contribution in [0.5, 0.6) is 0 Å². The van der Waals surface area contributed by atoms with Gasteiger partial charge in [-0.1, -0.05) is 55.5 Å². The van der Waals surface area contributed by atoms with Gasteiger partial charge in [-0.05, 0) is 30.7 Å². The number of amides is 1. The van der Waals surface area contributed by atoms with Crippen molar-refractivity contribution in [2.24, 2.45) is 5.92 Å². The molecule has 4 rings (SSSR count). The van der Waals surface area contributed by atoms with Crippen molar-refractivity contribution in [3.8, 4) is 11.8 Å². The highest BCUT2D eigenvalue weighted by atomic mass is 16.5. The molecule has 0 saturated carbocycles. The van der Waals surface area contributed by atoms with Gasteiger partial charge in [-0.15, -0.1) is 0 Å². The van der Waals surface area contributed by atoms with E-state index in [1.807, 2.05) is 41.1 Å². The molecule has 0 atom stereocenters. The maximum atomic E-state index is 11.1. The molecule has 8 heteroatoms. The summed E-state index contributed by atoms with van der Waals surface area (Å²) in [5.74, 6) is 8.21. The smallest absolute Gasteiger partial charge is 0.407 e. The zero-order valence-corrected chi connectivity index (χ0v) is 20.2. The third-order valence-electron chi connectivity index (χ3n) is 6.38. The van der Waals surface area contributed by atoms with Gasteiger partial charge in [0.15, 0.2) is 5.82 Å². The van der Waals surface area contributed by atoms with Crippen molar-refractivity contribution >= 4 is 22.9 Å². The van der Waals surface area contributed by atoms with E-state index in [2.05, 4.69) is 23.7 Å². The Balaban J connectivity index is 1.52. The van der Waals surface area contributed by atoms with Crippen LogP contribution in [0.15, 0.2) is 36.5 Å². The van der Waals surface area contributed by atoms with Gasteiger partial charge in [-0.2, -0.15) is 0 Å². The van der Waals surface area contributed by atoms with E-state index in [-0.39, 0.29) is 0 Å². The minimum absolute atomic E-state index is 0.322. The van der Waals surface area contributed by atoms with Gasteiger partial charge in [0.25, 0.3) is 0 Å². The number of aromatic nitrogens is 3. The number of likely N-dealkylation sites (tertiary alicyclic amines) is 1. The van der Waals surface area contributed by atoms with Gasteiger partial charge in [0.05, 0.1) is 12.2 Å². The summed E-state index contributed by atoms with van der Waals surface area (Å²) >= 11 is 0.